The van der Waals surface area contributed by atoms with Gasteiger partial charge in [-0.1, -0.05) is 23.2 Å². The van der Waals surface area contributed by atoms with Crippen LogP contribution in [-0.2, 0) is 0 Å². The van der Waals surface area contributed by atoms with Crippen LogP contribution in [0.4, 0.5) is 10.1 Å². The molecule has 1 atom stereocenters. The van der Waals surface area contributed by atoms with E-state index in [1.807, 2.05) is 0 Å². The number of phenols is 1. The van der Waals surface area contributed by atoms with Crippen molar-refractivity contribution in [2.75, 3.05) is 11.9 Å². The molecule has 1 heterocycles. The molecule has 110 valence electrons. The summed E-state index contributed by atoms with van der Waals surface area (Å²) in [5.41, 5.74) is 1.41. The second-order valence-corrected chi connectivity index (χ2v) is 5.65. The summed E-state index contributed by atoms with van der Waals surface area (Å²) >= 11 is 12.2. The number of aromatic hydroxyl groups is 1. The van der Waals surface area contributed by atoms with Gasteiger partial charge in [0.2, 0.25) is 0 Å². The molecule has 21 heavy (non-hydrogen) atoms. The Kier molecular flexibility index (Phi) is 3.83. The number of hydrogen-bond acceptors (Lipinski definition) is 3. The molecule has 0 spiro atoms. The number of fused-ring (bicyclic) bond motifs is 1. The van der Waals surface area contributed by atoms with Gasteiger partial charge in [-0.05, 0) is 24.3 Å². The highest BCUT2D eigenvalue weighted by atomic mass is 35.5. The number of rotatable bonds is 2. The van der Waals surface area contributed by atoms with Crippen molar-refractivity contribution in [2.24, 2.45) is 0 Å². The molecule has 0 amide bonds. The Balaban J connectivity index is 1.93. The number of nitrogens with one attached hydrogen (secondary N) is 1. The maximum absolute atomic E-state index is 13.4. The van der Waals surface area contributed by atoms with Gasteiger partial charge in [-0.15, -0.1) is 0 Å². The molecule has 0 fully saturated rings. The largest absolute Gasteiger partial charge is 0.505 e. The normalized spacial score (nSPS) is 17.0. The van der Waals surface area contributed by atoms with Gasteiger partial charge in [-0.25, -0.2) is 4.39 Å². The Bertz CT molecular complexity index is 694. The summed E-state index contributed by atoms with van der Waals surface area (Å²) in [5.74, 6) is -0.445. The van der Waals surface area contributed by atoms with Crippen molar-refractivity contribution in [3.8, 4) is 11.5 Å². The Labute approximate surface area is 131 Å². The number of anilines is 1. The van der Waals surface area contributed by atoms with E-state index in [-0.39, 0.29) is 11.8 Å². The molecule has 0 bridgehead atoms. The van der Waals surface area contributed by atoms with Crippen LogP contribution in [0.15, 0.2) is 30.3 Å². The van der Waals surface area contributed by atoms with Crippen molar-refractivity contribution in [3.05, 3.63) is 51.8 Å². The Hall–Kier alpha value is -1.65. The predicted octanol–water partition coefficient (Wildman–Crippen LogP) is 4.77. The van der Waals surface area contributed by atoms with Gasteiger partial charge in [-0.3, -0.25) is 0 Å². The van der Waals surface area contributed by atoms with Gasteiger partial charge >= 0.3 is 0 Å². The first-order valence-corrected chi connectivity index (χ1v) is 7.17. The lowest BCUT2D eigenvalue weighted by atomic mass is 10.00. The molecule has 0 radical (unpaired) electrons. The molecule has 2 N–H and O–H groups in total. The predicted molar refractivity (Wildman–Crippen MR) is 81.0 cm³/mol. The van der Waals surface area contributed by atoms with Gasteiger partial charge in [0.05, 0.1) is 17.7 Å². The fraction of sp³-hybridized carbons (Fsp3) is 0.200. The zero-order valence-electron chi connectivity index (χ0n) is 10.9. The standard InChI is InChI=1S/C15H12Cl2FNO2/c16-8-5-10-13(3-4-21-15(10)11(17)6-8)19-9-1-2-14(20)12(18)7-9/h1-2,5-7,13,19-20H,3-4H2. The summed E-state index contributed by atoms with van der Waals surface area (Å²) < 4.78 is 19.0. The Morgan fingerprint density at radius 1 is 1.24 bits per heavy atom. The number of benzene rings is 2. The van der Waals surface area contributed by atoms with Gasteiger partial charge in [0.1, 0.15) is 5.75 Å². The topological polar surface area (TPSA) is 41.5 Å². The molecule has 0 saturated carbocycles. The molecule has 0 aromatic heterocycles. The van der Waals surface area contributed by atoms with E-state index in [0.29, 0.717) is 34.5 Å². The molecular formula is C15H12Cl2FNO2. The SMILES string of the molecule is Oc1ccc(NC2CCOc3c(Cl)cc(Cl)cc32)cc1F. The lowest BCUT2D eigenvalue weighted by Gasteiger charge is -2.28. The maximum atomic E-state index is 13.4. The summed E-state index contributed by atoms with van der Waals surface area (Å²) in [5, 5.41) is 13.4. The molecule has 1 aliphatic rings. The minimum Gasteiger partial charge on any atom is -0.505 e. The van der Waals surface area contributed by atoms with E-state index < -0.39 is 5.82 Å². The van der Waals surface area contributed by atoms with Crippen LogP contribution in [-0.4, -0.2) is 11.7 Å². The number of halogens is 3. The number of hydrogen-bond donors (Lipinski definition) is 2. The summed E-state index contributed by atoms with van der Waals surface area (Å²) in [6.45, 7) is 0.507. The molecular weight excluding hydrogens is 316 g/mol. The fourth-order valence-corrected chi connectivity index (χ4v) is 2.94. The van der Waals surface area contributed by atoms with Crippen molar-refractivity contribution < 1.29 is 14.2 Å². The summed E-state index contributed by atoms with van der Waals surface area (Å²) in [6.07, 6.45) is 0.701. The minimum atomic E-state index is -0.670. The maximum Gasteiger partial charge on any atom is 0.166 e. The minimum absolute atomic E-state index is 0.0890. The van der Waals surface area contributed by atoms with Crippen LogP contribution in [0.5, 0.6) is 11.5 Å². The molecule has 0 saturated heterocycles. The van der Waals surface area contributed by atoms with Crippen LogP contribution in [0.1, 0.15) is 18.0 Å². The van der Waals surface area contributed by atoms with E-state index in [4.69, 9.17) is 27.9 Å². The highest BCUT2D eigenvalue weighted by Gasteiger charge is 2.24. The number of ether oxygens (including phenoxy) is 1. The molecule has 1 unspecified atom stereocenters. The molecule has 2 aromatic rings. The van der Waals surface area contributed by atoms with Crippen LogP contribution in [0.2, 0.25) is 10.0 Å². The molecule has 1 aliphatic heterocycles. The van der Waals surface area contributed by atoms with E-state index >= 15 is 0 Å². The first-order valence-electron chi connectivity index (χ1n) is 6.41. The second kappa shape index (κ2) is 5.62. The van der Waals surface area contributed by atoms with Crippen molar-refractivity contribution in [2.45, 2.75) is 12.5 Å². The van der Waals surface area contributed by atoms with Crippen LogP contribution in [0.25, 0.3) is 0 Å². The fourth-order valence-electron chi connectivity index (χ4n) is 2.37. The van der Waals surface area contributed by atoms with Crippen LogP contribution < -0.4 is 10.1 Å². The lowest BCUT2D eigenvalue weighted by Crippen LogP contribution is -2.20. The Morgan fingerprint density at radius 3 is 2.81 bits per heavy atom. The van der Waals surface area contributed by atoms with Gasteiger partial charge in [0.15, 0.2) is 11.6 Å². The monoisotopic (exact) mass is 327 g/mol. The molecule has 0 aliphatic carbocycles. The Morgan fingerprint density at radius 2 is 2.05 bits per heavy atom. The highest BCUT2D eigenvalue weighted by Crippen LogP contribution is 2.41. The average molecular weight is 328 g/mol. The number of phenolic OH excluding ortho intramolecular Hbond substituents is 1. The third kappa shape index (κ3) is 2.87. The molecule has 3 nitrogen and oxygen atoms in total. The smallest absolute Gasteiger partial charge is 0.166 e. The zero-order chi connectivity index (χ0) is 15.0. The van der Waals surface area contributed by atoms with Crippen molar-refractivity contribution in [1.82, 2.24) is 0 Å². The third-order valence-corrected chi connectivity index (χ3v) is 3.85. The third-order valence-electron chi connectivity index (χ3n) is 3.35. The summed E-state index contributed by atoms with van der Waals surface area (Å²) in [7, 11) is 0. The van der Waals surface area contributed by atoms with Crippen molar-refractivity contribution in [3.63, 3.8) is 0 Å². The van der Waals surface area contributed by atoms with Gasteiger partial charge in [0.25, 0.3) is 0 Å². The van der Waals surface area contributed by atoms with Gasteiger partial charge in [-0.2, -0.15) is 0 Å². The van der Waals surface area contributed by atoms with Gasteiger partial charge < -0.3 is 15.2 Å². The first kappa shape index (κ1) is 14.3. The second-order valence-electron chi connectivity index (χ2n) is 4.81. The van der Waals surface area contributed by atoms with Crippen LogP contribution >= 0.6 is 23.2 Å². The van der Waals surface area contributed by atoms with Crippen LogP contribution in [0, 0.1) is 5.82 Å². The van der Waals surface area contributed by atoms with Crippen molar-refractivity contribution in [1.29, 1.82) is 0 Å². The van der Waals surface area contributed by atoms with E-state index in [0.717, 1.165) is 5.56 Å². The molecule has 2 aromatic carbocycles. The van der Waals surface area contributed by atoms with E-state index in [1.54, 1.807) is 18.2 Å². The van der Waals surface area contributed by atoms with Crippen molar-refractivity contribution >= 4 is 28.9 Å². The van der Waals surface area contributed by atoms with Crippen LogP contribution in [0.3, 0.4) is 0 Å². The van der Waals surface area contributed by atoms with E-state index in [9.17, 15) is 9.50 Å². The summed E-state index contributed by atoms with van der Waals surface area (Å²) in [6, 6.07) is 7.49. The summed E-state index contributed by atoms with van der Waals surface area (Å²) in [4.78, 5) is 0. The first-order chi connectivity index (χ1) is 10.0. The quantitative estimate of drug-likeness (QED) is 0.780. The highest BCUT2D eigenvalue weighted by molar-refractivity contribution is 6.35. The average Bonchev–Trinajstić information content (AvgIpc) is 2.44. The molecule has 6 heteroatoms. The molecule has 3 rings (SSSR count). The van der Waals surface area contributed by atoms with E-state index in [2.05, 4.69) is 5.32 Å². The zero-order valence-corrected chi connectivity index (χ0v) is 12.4. The lowest BCUT2D eigenvalue weighted by molar-refractivity contribution is 0.274. The van der Waals surface area contributed by atoms with E-state index in [1.165, 1.54) is 12.1 Å². The van der Waals surface area contributed by atoms with Gasteiger partial charge in [0, 0.05) is 28.8 Å².